The van der Waals surface area contributed by atoms with Crippen LogP contribution in [-0.2, 0) is 0 Å². The molecule has 6 heteroatoms. The third kappa shape index (κ3) is 4.28. The predicted octanol–water partition coefficient (Wildman–Crippen LogP) is 4.75. The van der Waals surface area contributed by atoms with Gasteiger partial charge in [0, 0.05) is 22.3 Å². The Labute approximate surface area is 173 Å². The van der Waals surface area contributed by atoms with E-state index in [1.54, 1.807) is 61.7 Å². The van der Waals surface area contributed by atoms with E-state index in [9.17, 15) is 9.59 Å². The van der Waals surface area contributed by atoms with Crippen molar-refractivity contribution in [1.82, 2.24) is 4.98 Å². The van der Waals surface area contributed by atoms with Gasteiger partial charge in [-0.1, -0.05) is 24.3 Å². The summed E-state index contributed by atoms with van der Waals surface area (Å²) in [5, 5.41) is 6.60. The van der Waals surface area contributed by atoms with E-state index >= 15 is 0 Å². The fraction of sp³-hybridized carbons (Fsp3) is 0.0417. The van der Waals surface area contributed by atoms with Gasteiger partial charge in [0.25, 0.3) is 11.8 Å². The number of ether oxygens (including phenoxy) is 1. The average molecular weight is 397 g/mol. The van der Waals surface area contributed by atoms with Crippen molar-refractivity contribution >= 4 is 34.1 Å². The molecule has 3 aromatic carbocycles. The van der Waals surface area contributed by atoms with Gasteiger partial charge in [-0.15, -0.1) is 0 Å². The monoisotopic (exact) mass is 397 g/mol. The van der Waals surface area contributed by atoms with Gasteiger partial charge in [0.05, 0.1) is 12.6 Å². The van der Waals surface area contributed by atoms with Gasteiger partial charge in [0.1, 0.15) is 11.4 Å². The number of fused-ring (bicyclic) bond motifs is 1. The van der Waals surface area contributed by atoms with Crippen LogP contribution in [-0.4, -0.2) is 23.9 Å². The second-order valence-corrected chi connectivity index (χ2v) is 6.60. The Morgan fingerprint density at radius 3 is 2.07 bits per heavy atom. The number of hydrogen-bond acceptors (Lipinski definition) is 4. The van der Waals surface area contributed by atoms with E-state index in [2.05, 4.69) is 15.6 Å². The second-order valence-electron chi connectivity index (χ2n) is 6.60. The highest BCUT2D eigenvalue weighted by atomic mass is 16.5. The summed E-state index contributed by atoms with van der Waals surface area (Å²) in [6.45, 7) is 0. The Bertz CT molecular complexity index is 1200. The number of carbonyl (C=O) groups excluding carboxylic acids is 2. The highest BCUT2D eigenvalue weighted by Crippen LogP contribution is 2.17. The Kier molecular flexibility index (Phi) is 5.39. The van der Waals surface area contributed by atoms with E-state index in [1.165, 1.54) is 0 Å². The Morgan fingerprint density at radius 1 is 0.733 bits per heavy atom. The van der Waals surface area contributed by atoms with Crippen LogP contribution in [0.25, 0.3) is 10.9 Å². The van der Waals surface area contributed by atoms with Crippen molar-refractivity contribution < 1.29 is 14.3 Å². The first kappa shape index (κ1) is 19.1. The number of nitrogens with one attached hydrogen (secondary N) is 2. The summed E-state index contributed by atoms with van der Waals surface area (Å²) >= 11 is 0. The smallest absolute Gasteiger partial charge is 0.274 e. The van der Waals surface area contributed by atoms with Crippen molar-refractivity contribution in [2.75, 3.05) is 17.7 Å². The third-order valence-electron chi connectivity index (χ3n) is 4.58. The van der Waals surface area contributed by atoms with Crippen molar-refractivity contribution in [2.24, 2.45) is 0 Å². The number of hydrogen-bond donors (Lipinski definition) is 2. The van der Waals surface area contributed by atoms with Crippen LogP contribution in [0.2, 0.25) is 0 Å². The minimum atomic E-state index is -0.309. The molecular weight excluding hydrogens is 378 g/mol. The van der Waals surface area contributed by atoms with Crippen LogP contribution in [0.4, 0.5) is 11.4 Å². The lowest BCUT2D eigenvalue weighted by Crippen LogP contribution is -2.14. The lowest BCUT2D eigenvalue weighted by Gasteiger charge is -2.08. The van der Waals surface area contributed by atoms with Crippen LogP contribution in [0.1, 0.15) is 20.8 Å². The number of carbonyl (C=O) groups is 2. The number of rotatable bonds is 5. The van der Waals surface area contributed by atoms with Crippen molar-refractivity contribution in [1.29, 1.82) is 0 Å². The molecule has 0 aliphatic rings. The van der Waals surface area contributed by atoms with Crippen LogP contribution < -0.4 is 15.4 Å². The van der Waals surface area contributed by atoms with Gasteiger partial charge in [-0.05, 0) is 60.7 Å². The molecule has 0 spiro atoms. The highest BCUT2D eigenvalue weighted by molar-refractivity contribution is 6.06. The molecule has 2 N–H and O–H groups in total. The van der Waals surface area contributed by atoms with Gasteiger partial charge >= 0.3 is 0 Å². The maximum Gasteiger partial charge on any atom is 0.274 e. The summed E-state index contributed by atoms with van der Waals surface area (Å²) in [5.74, 6) is 0.166. The SMILES string of the molecule is COc1ccc(NC(=O)c2ccc(NC(=O)c3ccc4ccccc4n3)cc2)cc1. The molecule has 1 aromatic heterocycles. The molecule has 0 fully saturated rings. The first-order valence-electron chi connectivity index (χ1n) is 9.35. The molecule has 0 atom stereocenters. The Balaban J connectivity index is 1.42. The number of para-hydroxylation sites is 1. The zero-order valence-corrected chi connectivity index (χ0v) is 16.3. The molecule has 30 heavy (non-hydrogen) atoms. The van der Waals surface area contributed by atoms with Crippen molar-refractivity contribution in [3.05, 3.63) is 96.2 Å². The number of aromatic nitrogens is 1. The highest BCUT2D eigenvalue weighted by Gasteiger charge is 2.10. The van der Waals surface area contributed by atoms with Crippen molar-refractivity contribution in [3.8, 4) is 5.75 Å². The van der Waals surface area contributed by atoms with Crippen LogP contribution >= 0.6 is 0 Å². The Morgan fingerprint density at radius 2 is 1.37 bits per heavy atom. The first-order valence-corrected chi connectivity index (χ1v) is 9.35. The lowest BCUT2D eigenvalue weighted by atomic mass is 10.1. The molecular formula is C24H19N3O3. The van der Waals surface area contributed by atoms with Gasteiger partial charge in [-0.25, -0.2) is 4.98 Å². The van der Waals surface area contributed by atoms with E-state index in [4.69, 9.17) is 4.74 Å². The fourth-order valence-electron chi connectivity index (χ4n) is 2.97. The number of nitrogens with zero attached hydrogens (tertiary/aromatic N) is 1. The standard InChI is InChI=1S/C24H19N3O3/c1-30-20-13-11-19(12-14-20)25-23(28)17-6-9-18(10-7-17)26-24(29)22-15-8-16-4-2-3-5-21(16)27-22/h2-15H,1H3,(H,25,28)(H,26,29). The molecule has 0 aliphatic heterocycles. The largest absolute Gasteiger partial charge is 0.497 e. The van der Waals surface area contributed by atoms with E-state index < -0.39 is 0 Å². The van der Waals surface area contributed by atoms with Gasteiger partial charge in [0.15, 0.2) is 0 Å². The maximum absolute atomic E-state index is 12.5. The molecule has 4 aromatic rings. The number of amides is 2. The van der Waals surface area contributed by atoms with E-state index in [0.717, 1.165) is 10.9 Å². The van der Waals surface area contributed by atoms with Crippen molar-refractivity contribution in [3.63, 3.8) is 0 Å². The lowest BCUT2D eigenvalue weighted by molar-refractivity contribution is 0.101. The molecule has 6 nitrogen and oxygen atoms in total. The summed E-state index contributed by atoms with van der Waals surface area (Å²) in [6, 6.07) is 24.9. The molecule has 4 rings (SSSR count). The zero-order chi connectivity index (χ0) is 20.9. The molecule has 0 saturated carbocycles. The number of anilines is 2. The number of pyridine rings is 1. The molecule has 0 radical (unpaired) electrons. The molecule has 0 bridgehead atoms. The Hall–Kier alpha value is -4.19. The van der Waals surface area contributed by atoms with Gasteiger partial charge in [-0.3, -0.25) is 9.59 Å². The van der Waals surface area contributed by atoms with Gasteiger partial charge in [0.2, 0.25) is 0 Å². The molecule has 0 saturated heterocycles. The van der Waals surface area contributed by atoms with Gasteiger partial charge < -0.3 is 15.4 Å². The second kappa shape index (κ2) is 8.45. The van der Waals surface area contributed by atoms with Crippen LogP contribution in [0.3, 0.4) is 0 Å². The summed E-state index contributed by atoms with van der Waals surface area (Å²) in [4.78, 5) is 29.3. The summed E-state index contributed by atoms with van der Waals surface area (Å²) < 4.78 is 5.10. The zero-order valence-electron chi connectivity index (χ0n) is 16.3. The van der Waals surface area contributed by atoms with Crippen LogP contribution in [0.15, 0.2) is 84.9 Å². The van der Waals surface area contributed by atoms with E-state index in [-0.39, 0.29) is 11.8 Å². The normalized spacial score (nSPS) is 10.4. The van der Waals surface area contributed by atoms with E-state index in [1.807, 2.05) is 30.3 Å². The minimum absolute atomic E-state index is 0.241. The summed E-state index contributed by atoms with van der Waals surface area (Å²) in [7, 11) is 1.59. The molecule has 2 amide bonds. The minimum Gasteiger partial charge on any atom is -0.497 e. The quantitative estimate of drug-likeness (QED) is 0.509. The first-order chi connectivity index (χ1) is 14.6. The number of benzene rings is 3. The summed E-state index contributed by atoms with van der Waals surface area (Å²) in [5.41, 5.74) is 2.81. The fourth-order valence-corrected chi connectivity index (χ4v) is 2.97. The average Bonchev–Trinajstić information content (AvgIpc) is 2.79. The summed E-state index contributed by atoms with van der Waals surface area (Å²) in [6.07, 6.45) is 0. The number of methoxy groups -OCH3 is 1. The predicted molar refractivity (Wildman–Crippen MR) is 117 cm³/mol. The van der Waals surface area contributed by atoms with Gasteiger partial charge in [-0.2, -0.15) is 0 Å². The molecule has 148 valence electrons. The van der Waals surface area contributed by atoms with Crippen LogP contribution in [0, 0.1) is 0 Å². The molecule has 1 heterocycles. The van der Waals surface area contributed by atoms with Crippen molar-refractivity contribution in [2.45, 2.75) is 0 Å². The maximum atomic E-state index is 12.5. The molecule has 0 aliphatic carbocycles. The van der Waals surface area contributed by atoms with E-state index in [0.29, 0.717) is 28.4 Å². The molecule has 0 unspecified atom stereocenters. The topological polar surface area (TPSA) is 80.3 Å². The van der Waals surface area contributed by atoms with Crippen LogP contribution in [0.5, 0.6) is 5.75 Å². The third-order valence-corrected chi connectivity index (χ3v) is 4.58.